The van der Waals surface area contributed by atoms with Crippen molar-refractivity contribution >= 4 is 0 Å². The van der Waals surface area contributed by atoms with Crippen LogP contribution < -0.4 is 9.47 Å². The predicted molar refractivity (Wildman–Crippen MR) is 53.6 cm³/mol. The Kier molecular flexibility index (Phi) is 2.75. The van der Waals surface area contributed by atoms with Gasteiger partial charge in [0.2, 0.25) is 5.82 Å². The Labute approximate surface area is 88.2 Å². The molecule has 1 aliphatic rings. The molecule has 0 amide bonds. The highest BCUT2D eigenvalue weighted by molar-refractivity contribution is 5.29. The summed E-state index contributed by atoms with van der Waals surface area (Å²) >= 11 is 0. The standard InChI is InChI=1S/C11H14FNO2/c1-7(2)14-11-10(12)9(5-6-13-11)15-8-3-4-8/h5-8H,3-4H2,1-2H3. The van der Waals surface area contributed by atoms with Gasteiger partial charge in [0.05, 0.1) is 12.2 Å². The third-order valence-corrected chi connectivity index (χ3v) is 1.99. The van der Waals surface area contributed by atoms with E-state index in [9.17, 15) is 4.39 Å². The van der Waals surface area contributed by atoms with E-state index in [1.165, 1.54) is 12.3 Å². The molecule has 15 heavy (non-hydrogen) atoms. The molecule has 0 unspecified atom stereocenters. The monoisotopic (exact) mass is 211 g/mol. The van der Waals surface area contributed by atoms with E-state index < -0.39 is 5.82 Å². The maximum atomic E-state index is 13.7. The summed E-state index contributed by atoms with van der Waals surface area (Å²) in [6.45, 7) is 3.66. The van der Waals surface area contributed by atoms with Gasteiger partial charge in [-0.15, -0.1) is 0 Å². The average Bonchev–Trinajstić information content (AvgIpc) is 2.95. The number of rotatable bonds is 4. The lowest BCUT2D eigenvalue weighted by Crippen LogP contribution is -2.09. The molecule has 0 N–H and O–H groups in total. The van der Waals surface area contributed by atoms with Gasteiger partial charge in [-0.3, -0.25) is 0 Å². The fourth-order valence-electron chi connectivity index (χ4n) is 1.17. The second-order valence-electron chi connectivity index (χ2n) is 3.91. The molecule has 0 spiro atoms. The summed E-state index contributed by atoms with van der Waals surface area (Å²) in [5, 5.41) is 0. The number of halogens is 1. The van der Waals surface area contributed by atoms with Crippen molar-refractivity contribution in [3.8, 4) is 11.6 Å². The molecular weight excluding hydrogens is 197 g/mol. The van der Waals surface area contributed by atoms with Crippen LogP contribution in [0, 0.1) is 5.82 Å². The van der Waals surface area contributed by atoms with Gasteiger partial charge >= 0.3 is 0 Å². The summed E-state index contributed by atoms with van der Waals surface area (Å²) in [5.74, 6) is -0.246. The van der Waals surface area contributed by atoms with Gasteiger partial charge in [-0.1, -0.05) is 0 Å². The minimum Gasteiger partial charge on any atom is -0.487 e. The fourth-order valence-corrected chi connectivity index (χ4v) is 1.17. The highest BCUT2D eigenvalue weighted by Crippen LogP contribution is 2.31. The van der Waals surface area contributed by atoms with Crippen LogP contribution in [0.25, 0.3) is 0 Å². The van der Waals surface area contributed by atoms with Crippen molar-refractivity contribution in [2.75, 3.05) is 0 Å². The summed E-state index contributed by atoms with van der Waals surface area (Å²) in [6, 6.07) is 1.53. The number of ether oxygens (including phenoxy) is 2. The molecule has 2 rings (SSSR count). The Morgan fingerprint density at radius 3 is 2.80 bits per heavy atom. The van der Waals surface area contributed by atoms with Crippen LogP contribution in [0.5, 0.6) is 11.6 Å². The first-order valence-corrected chi connectivity index (χ1v) is 5.14. The topological polar surface area (TPSA) is 31.4 Å². The molecule has 3 nitrogen and oxygen atoms in total. The minimum atomic E-state index is -0.502. The zero-order valence-corrected chi connectivity index (χ0v) is 8.87. The lowest BCUT2D eigenvalue weighted by atomic mass is 10.4. The molecule has 0 bridgehead atoms. The van der Waals surface area contributed by atoms with E-state index in [2.05, 4.69) is 4.98 Å². The molecular formula is C11H14FNO2. The van der Waals surface area contributed by atoms with Gasteiger partial charge in [0.25, 0.3) is 5.88 Å². The maximum absolute atomic E-state index is 13.7. The van der Waals surface area contributed by atoms with E-state index in [0.29, 0.717) is 0 Å². The number of aromatic nitrogens is 1. The van der Waals surface area contributed by atoms with E-state index in [4.69, 9.17) is 9.47 Å². The third kappa shape index (κ3) is 2.58. The Balaban J connectivity index is 2.15. The highest BCUT2D eigenvalue weighted by atomic mass is 19.1. The van der Waals surface area contributed by atoms with E-state index >= 15 is 0 Å². The summed E-state index contributed by atoms with van der Waals surface area (Å²) in [5.41, 5.74) is 0. The normalized spacial score (nSPS) is 15.5. The predicted octanol–water partition coefficient (Wildman–Crippen LogP) is 2.55. The third-order valence-electron chi connectivity index (χ3n) is 1.99. The molecule has 1 aromatic heterocycles. The smallest absolute Gasteiger partial charge is 0.254 e. The van der Waals surface area contributed by atoms with Crippen molar-refractivity contribution in [1.82, 2.24) is 4.98 Å². The van der Waals surface area contributed by atoms with Crippen molar-refractivity contribution in [2.45, 2.75) is 38.9 Å². The van der Waals surface area contributed by atoms with Crippen LogP contribution in [0.1, 0.15) is 26.7 Å². The molecule has 4 heteroatoms. The van der Waals surface area contributed by atoms with Crippen LogP contribution in [0.4, 0.5) is 4.39 Å². The fraction of sp³-hybridized carbons (Fsp3) is 0.545. The SMILES string of the molecule is CC(C)Oc1nccc(OC2CC2)c1F. The van der Waals surface area contributed by atoms with Gasteiger partial charge in [-0.2, -0.15) is 4.39 Å². The second kappa shape index (κ2) is 4.04. The number of hydrogen-bond acceptors (Lipinski definition) is 3. The van der Waals surface area contributed by atoms with Crippen LogP contribution >= 0.6 is 0 Å². The molecule has 1 fully saturated rings. The summed E-state index contributed by atoms with van der Waals surface area (Å²) in [6.07, 6.45) is 3.58. The van der Waals surface area contributed by atoms with Gasteiger partial charge in [-0.25, -0.2) is 4.98 Å². The van der Waals surface area contributed by atoms with Crippen LogP contribution in [-0.2, 0) is 0 Å². The lowest BCUT2D eigenvalue weighted by Gasteiger charge is -2.11. The van der Waals surface area contributed by atoms with Crippen LogP contribution in [-0.4, -0.2) is 17.2 Å². The zero-order chi connectivity index (χ0) is 10.8. The zero-order valence-electron chi connectivity index (χ0n) is 8.87. The van der Waals surface area contributed by atoms with Gasteiger partial charge in [-0.05, 0) is 26.7 Å². The van der Waals surface area contributed by atoms with Crippen molar-refractivity contribution in [3.05, 3.63) is 18.1 Å². The van der Waals surface area contributed by atoms with Crippen molar-refractivity contribution in [2.24, 2.45) is 0 Å². The number of nitrogens with zero attached hydrogens (tertiary/aromatic N) is 1. The molecule has 0 radical (unpaired) electrons. The van der Waals surface area contributed by atoms with Crippen molar-refractivity contribution < 1.29 is 13.9 Å². The van der Waals surface area contributed by atoms with E-state index in [1.807, 2.05) is 13.8 Å². The van der Waals surface area contributed by atoms with Crippen molar-refractivity contribution in [1.29, 1.82) is 0 Å². The summed E-state index contributed by atoms with van der Waals surface area (Å²) in [4.78, 5) is 3.83. The first-order chi connectivity index (χ1) is 7.16. The van der Waals surface area contributed by atoms with Gasteiger partial charge in [0.15, 0.2) is 5.75 Å². The van der Waals surface area contributed by atoms with E-state index in [1.54, 1.807) is 0 Å². The largest absolute Gasteiger partial charge is 0.487 e. The molecule has 0 saturated heterocycles. The molecule has 0 aromatic carbocycles. The van der Waals surface area contributed by atoms with Crippen molar-refractivity contribution in [3.63, 3.8) is 0 Å². The lowest BCUT2D eigenvalue weighted by molar-refractivity contribution is 0.212. The Hall–Kier alpha value is -1.32. The Morgan fingerprint density at radius 2 is 2.20 bits per heavy atom. The maximum Gasteiger partial charge on any atom is 0.254 e. The molecule has 1 heterocycles. The Morgan fingerprint density at radius 1 is 1.47 bits per heavy atom. The van der Waals surface area contributed by atoms with E-state index in [-0.39, 0.29) is 23.8 Å². The molecule has 0 aliphatic heterocycles. The summed E-state index contributed by atoms with van der Waals surface area (Å²) < 4.78 is 24.3. The van der Waals surface area contributed by atoms with Crippen LogP contribution in [0.15, 0.2) is 12.3 Å². The number of pyridine rings is 1. The first-order valence-electron chi connectivity index (χ1n) is 5.14. The molecule has 0 atom stereocenters. The molecule has 1 aliphatic carbocycles. The Bertz CT molecular complexity index is 328. The highest BCUT2D eigenvalue weighted by Gasteiger charge is 2.26. The quantitative estimate of drug-likeness (QED) is 0.767. The minimum absolute atomic E-state index is 0.0168. The van der Waals surface area contributed by atoms with Crippen LogP contribution in [0.3, 0.4) is 0 Å². The van der Waals surface area contributed by atoms with Gasteiger partial charge < -0.3 is 9.47 Å². The average molecular weight is 211 g/mol. The molecule has 82 valence electrons. The van der Waals surface area contributed by atoms with Gasteiger partial charge in [0.1, 0.15) is 0 Å². The summed E-state index contributed by atoms with van der Waals surface area (Å²) in [7, 11) is 0. The molecule has 1 saturated carbocycles. The van der Waals surface area contributed by atoms with E-state index in [0.717, 1.165) is 12.8 Å². The van der Waals surface area contributed by atoms with Gasteiger partial charge in [0, 0.05) is 12.3 Å². The molecule has 1 aromatic rings. The first kappa shape index (κ1) is 10.2. The second-order valence-corrected chi connectivity index (χ2v) is 3.91. The number of hydrogen-bond donors (Lipinski definition) is 0. The van der Waals surface area contributed by atoms with Crippen LogP contribution in [0.2, 0.25) is 0 Å².